The van der Waals surface area contributed by atoms with Crippen LogP contribution in [0.1, 0.15) is 12.5 Å². The lowest BCUT2D eigenvalue weighted by Gasteiger charge is -2.28. The lowest BCUT2D eigenvalue weighted by atomic mass is 10.1. The molecule has 0 amide bonds. The average molecular weight is 529 g/mol. The minimum atomic E-state index is -4.46. The predicted octanol–water partition coefficient (Wildman–Crippen LogP) is 7.86. The molecular formula is C26H20F4N4S2. The molecule has 0 radical (unpaired) electrons. The van der Waals surface area contributed by atoms with Crippen LogP contribution in [0.2, 0.25) is 0 Å². The van der Waals surface area contributed by atoms with Gasteiger partial charge in [0, 0.05) is 27.1 Å². The van der Waals surface area contributed by atoms with Crippen LogP contribution in [0.15, 0.2) is 88.8 Å². The first-order chi connectivity index (χ1) is 17.3. The van der Waals surface area contributed by atoms with Crippen molar-refractivity contribution in [1.82, 2.24) is 4.98 Å². The quantitative estimate of drug-likeness (QED) is 0.171. The van der Waals surface area contributed by atoms with Crippen LogP contribution in [-0.2, 0) is 0 Å². The van der Waals surface area contributed by atoms with Crippen LogP contribution >= 0.6 is 23.9 Å². The highest BCUT2D eigenvalue weighted by molar-refractivity contribution is 8.01. The van der Waals surface area contributed by atoms with Crippen molar-refractivity contribution in [3.05, 3.63) is 90.4 Å². The van der Waals surface area contributed by atoms with Crippen LogP contribution in [0, 0.1) is 17.1 Å². The molecule has 4 nitrogen and oxygen atoms in total. The predicted molar refractivity (Wildman–Crippen MR) is 137 cm³/mol. The molecule has 0 spiro atoms. The summed E-state index contributed by atoms with van der Waals surface area (Å²) in [6, 6.07) is 21.7. The molecule has 0 bridgehead atoms. The maximum absolute atomic E-state index is 13.5. The fourth-order valence-corrected chi connectivity index (χ4v) is 5.33. The fraction of sp³-hybridized carbons (Fsp3) is 0.154. The Morgan fingerprint density at radius 1 is 0.861 bits per heavy atom. The Hall–Kier alpha value is -3.42. The average Bonchev–Trinajstić information content (AvgIpc) is 2.87. The van der Waals surface area contributed by atoms with E-state index in [0.717, 1.165) is 21.1 Å². The van der Waals surface area contributed by atoms with Crippen LogP contribution in [0.5, 0.6) is 0 Å². The highest BCUT2D eigenvalue weighted by atomic mass is 32.2. The van der Waals surface area contributed by atoms with E-state index in [1.54, 1.807) is 24.3 Å². The standard InChI is InChI=1S/C26H20F4N4S2/c1-2-33(35-20-11-7-18(15-31)8-12-20)25-23-6-4-3-5-22(23)24(16-32-25)34(17-26(28,29)30)36-21-13-9-19(27)10-14-21/h3-14,16H,2,17H2,1H3. The van der Waals surface area contributed by atoms with Crippen LogP contribution in [0.25, 0.3) is 10.8 Å². The number of fused-ring (bicyclic) bond motifs is 1. The molecule has 0 N–H and O–H groups in total. The summed E-state index contributed by atoms with van der Waals surface area (Å²) in [4.78, 5) is 5.96. The second-order valence-corrected chi connectivity index (χ2v) is 9.82. The van der Waals surface area contributed by atoms with Gasteiger partial charge in [-0.25, -0.2) is 9.37 Å². The molecule has 0 aliphatic carbocycles. The SMILES string of the molecule is CCN(Sc1ccc(C#N)cc1)c1ncc(N(CC(F)(F)F)Sc2ccc(F)cc2)c2ccccc12. The van der Waals surface area contributed by atoms with E-state index in [1.165, 1.54) is 42.4 Å². The molecule has 1 heterocycles. The Morgan fingerprint density at radius 3 is 2.03 bits per heavy atom. The number of nitriles is 1. The third-order valence-electron chi connectivity index (χ3n) is 5.10. The normalized spacial score (nSPS) is 11.3. The van der Waals surface area contributed by atoms with Crippen LogP contribution in [0.3, 0.4) is 0 Å². The summed E-state index contributed by atoms with van der Waals surface area (Å²) in [6.07, 6.45) is -3.02. The summed E-state index contributed by atoms with van der Waals surface area (Å²) >= 11 is 2.31. The number of nitrogens with zero attached hydrogens (tertiary/aromatic N) is 4. The van der Waals surface area contributed by atoms with E-state index in [2.05, 4.69) is 11.1 Å². The summed E-state index contributed by atoms with van der Waals surface area (Å²) in [5, 5.41) is 10.3. The molecule has 36 heavy (non-hydrogen) atoms. The number of anilines is 2. The topological polar surface area (TPSA) is 43.2 Å². The number of alkyl halides is 3. The van der Waals surface area contributed by atoms with Crippen molar-refractivity contribution in [3.63, 3.8) is 0 Å². The number of pyridine rings is 1. The largest absolute Gasteiger partial charge is 0.406 e. The zero-order chi connectivity index (χ0) is 25.7. The molecule has 0 saturated heterocycles. The molecule has 4 rings (SSSR count). The summed E-state index contributed by atoms with van der Waals surface area (Å²) in [5.74, 6) is 0.155. The van der Waals surface area contributed by atoms with E-state index >= 15 is 0 Å². The third kappa shape index (κ3) is 6.22. The number of halogens is 4. The van der Waals surface area contributed by atoms with E-state index in [1.807, 2.05) is 35.5 Å². The molecule has 0 saturated carbocycles. The molecular weight excluding hydrogens is 508 g/mol. The van der Waals surface area contributed by atoms with Gasteiger partial charge in [-0.2, -0.15) is 18.4 Å². The molecule has 1 aromatic heterocycles. The van der Waals surface area contributed by atoms with Crippen molar-refractivity contribution < 1.29 is 17.6 Å². The van der Waals surface area contributed by atoms with E-state index < -0.39 is 18.5 Å². The lowest BCUT2D eigenvalue weighted by molar-refractivity contribution is -0.117. The zero-order valence-corrected chi connectivity index (χ0v) is 20.7. The van der Waals surface area contributed by atoms with Gasteiger partial charge in [-0.1, -0.05) is 24.3 Å². The van der Waals surface area contributed by atoms with Gasteiger partial charge in [0.2, 0.25) is 0 Å². The number of hydrogen-bond acceptors (Lipinski definition) is 6. The Labute approximate surface area is 214 Å². The summed E-state index contributed by atoms with van der Waals surface area (Å²) in [5.41, 5.74) is 0.860. The van der Waals surface area contributed by atoms with Gasteiger partial charge < -0.3 is 4.31 Å². The Bertz CT molecular complexity index is 1370. The maximum atomic E-state index is 13.5. The van der Waals surface area contributed by atoms with Gasteiger partial charge in [0.05, 0.1) is 23.5 Å². The number of aromatic nitrogens is 1. The van der Waals surface area contributed by atoms with Gasteiger partial charge in [-0.05, 0) is 79.4 Å². The van der Waals surface area contributed by atoms with Crippen LogP contribution in [-0.4, -0.2) is 24.2 Å². The monoisotopic (exact) mass is 528 g/mol. The Kier molecular flexibility index (Phi) is 7.91. The first-order valence-electron chi connectivity index (χ1n) is 10.9. The van der Waals surface area contributed by atoms with E-state index in [9.17, 15) is 17.6 Å². The van der Waals surface area contributed by atoms with Crippen LogP contribution in [0.4, 0.5) is 29.1 Å². The van der Waals surface area contributed by atoms with Crippen molar-refractivity contribution in [2.45, 2.75) is 22.9 Å². The first-order valence-corrected chi connectivity index (χ1v) is 12.4. The third-order valence-corrected chi connectivity index (χ3v) is 7.26. The second-order valence-electron chi connectivity index (χ2n) is 7.63. The summed E-state index contributed by atoms with van der Waals surface area (Å²) in [7, 11) is 0. The first kappa shape index (κ1) is 25.7. The van der Waals surface area contributed by atoms with Gasteiger partial charge in [0.25, 0.3) is 0 Å². The number of benzene rings is 3. The fourth-order valence-electron chi connectivity index (χ4n) is 3.49. The smallest absolute Gasteiger partial charge is 0.301 e. The lowest BCUT2D eigenvalue weighted by Crippen LogP contribution is -2.29. The van der Waals surface area contributed by atoms with Crippen LogP contribution < -0.4 is 8.61 Å². The molecule has 184 valence electrons. The van der Waals surface area contributed by atoms with E-state index in [-0.39, 0.29) is 0 Å². The second kappa shape index (κ2) is 11.1. The van der Waals surface area contributed by atoms with Gasteiger partial charge in [0.1, 0.15) is 18.2 Å². The Balaban J connectivity index is 1.73. The highest BCUT2D eigenvalue weighted by Gasteiger charge is 2.33. The van der Waals surface area contributed by atoms with Gasteiger partial charge >= 0.3 is 6.18 Å². The zero-order valence-electron chi connectivity index (χ0n) is 19.0. The minimum Gasteiger partial charge on any atom is -0.301 e. The van der Waals surface area contributed by atoms with E-state index in [0.29, 0.717) is 39.3 Å². The van der Waals surface area contributed by atoms with E-state index in [4.69, 9.17) is 5.26 Å². The van der Waals surface area contributed by atoms with Gasteiger partial charge in [0.15, 0.2) is 0 Å². The minimum absolute atomic E-state index is 0.306. The van der Waals surface area contributed by atoms with Crippen molar-refractivity contribution >= 4 is 46.2 Å². The molecule has 0 aliphatic heterocycles. The van der Waals surface area contributed by atoms with Crippen molar-refractivity contribution in [2.75, 3.05) is 21.7 Å². The molecule has 0 fully saturated rings. The molecule has 4 aromatic rings. The molecule has 3 aromatic carbocycles. The van der Waals surface area contributed by atoms with Gasteiger partial charge in [-0.15, -0.1) is 0 Å². The number of rotatable bonds is 8. The molecule has 10 heteroatoms. The summed E-state index contributed by atoms with van der Waals surface area (Å²) < 4.78 is 57.1. The van der Waals surface area contributed by atoms with Crippen molar-refractivity contribution in [3.8, 4) is 6.07 Å². The highest BCUT2D eigenvalue weighted by Crippen LogP contribution is 2.40. The van der Waals surface area contributed by atoms with Crippen molar-refractivity contribution in [2.24, 2.45) is 0 Å². The van der Waals surface area contributed by atoms with Crippen molar-refractivity contribution in [1.29, 1.82) is 5.26 Å². The summed E-state index contributed by atoms with van der Waals surface area (Å²) in [6.45, 7) is 1.33. The molecule has 0 atom stereocenters. The van der Waals surface area contributed by atoms with Gasteiger partial charge in [-0.3, -0.25) is 4.31 Å². The Morgan fingerprint density at radius 2 is 1.44 bits per heavy atom. The number of hydrogen-bond donors (Lipinski definition) is 0. The molecule has 0 unspecified atom stereocenters. The molecule has 0 aliphatic rings. The maximum Gasteiger partial charge on any atom is 0.406 e.